The summed E-state index contributed by atoms with van der Waals surface area (Å²) in [6.45, 7) is 2.65. The lowest BCUT2D eigenvalue weighted by Gasteiger charge is -2.26. The number of aliphatic hydroxyl groups excluding tert-OH is 1. The van der Waals surface area contributed by atoms with Crippen molar-refractivity contribution in [2.75, 3.05) is 13.2 Å². The molecule has 1 aromatic rings. The third kappa shape index (κ3) is 3.78. The second kappa shape index (κ2) is 6.68. The number of fused-ring (bicyclic) bond motifs is 1. The Hall–Kier alpha value is -1.39. The van der Waals surface area contributed by atoms with E-state index >= 15 is 0 Å². The van der Waals surface area contributed by atoms with E-state index in [1.54, 1.807) is 0 Å². The maximum Gasteiger partial charge on any atom is 0.223 e. The summed E-state index contributed by atoms with van der Waals surface area (Å²) in [6.07, 6.45) is 1.68. The lowest BCUT2D eigenvalue weighted by molar-refractivity contribution is -0.125. The predicted molar refractivity (Wildman–Crippen MR) is 72.8 cm³/mol. The van der Waals surface area contributed by atoms with Gasteiger partial charge in [-0.05, 0) is 30.9 Å². The van der Waals surface area contributed by atoms with Crippen molar-refractivity contribution >= 4 is 5.91 Å². The van der Waals surface area contributed by atoms with Crippen LogP contribution in [-0.2, 0) is 16.0 Å². The molecule has 1 unspecified atom stereocenters. The zero-order chi connectivity index (χ0) is 13.7. The van der Waals surface area contributed by atoms with Gasteiger partial charge in [-0.1, -0.05) is 24.3 Å². The molecule has 2 rings (SSSR count). The molecule has 0 spiro atoms. The molecule has 0 bridgehead atoms. The normalized spacial score (nSPS) is 19.6. The van der Waals surface area contributed by atoms with E-state index in [1.807, 2.05) is 25.1 Å². The first-order valence-electron chi connectivity index (χ1n) is 6.80. The third-order valence-corrected chi connectivity index (χ3v) is 3.43. The number of benzene rings is 1. The molecule has 0 saturated carbocycles. The standard InChI is InChI=1S/C15H21NO3/c1-11(6-8-17)16-15(18)10-14-13-5-3-2-4-12(13)7-9-19-14/h2-5,11,14,17H,6-10H2,1H3,(H,16,18)/t11-,14?/m1/s1. The number of aliphatic hydroxyl groups is 1. The van der Waals surface area contributed by atoms with Crippen molar-refractivity contribution in [3.8, 4) is 0 Å². The molecule has 4 nitrogen and oxygen atoms in total. The van der Waals surface area contributed by atoms with Crippen LogP contribution < -0.4 is 5.32 Å². The minimum Gasteiger partial charge on any atom is -0.396 e. The Morgan fingerprint density at radius 2 is 2.32 bits per heavy atom. The van der Waals surface area contributed by atoms with Gasteiger partial charge in [0.25, 0.3) is 0 Å². The van der Waals surface area contributed by atoms with Gasteiger partial charge in [0.2, 0.25) is 5.91 Å². The fourth-order valence-corrected chi connectivity index (χ4v) is 2.41. The molecule has 2 atom stereocenters. The number of hydrogen-bond acceptors (Lipinski definition) is 3. The Morgan fingerprint density at radius 3 is 3.11 bits per heavy atom. The fraction of sp³-hybridized carbons (Fsp3) is 0.533. The number of carbonyl (C=O) groups excluding carboxylic acids is 1. The van der Waals surface area contributed by atoms with Crippen LogP contribution in [0.2, 0.25) is 0 Å². The maximum atomic E-state index is 11.9. The van der Waals surface area contributed by atoms with Crippen LogP contribution in [0, 0.1) is 0 Å². The molecule has 0 saturated heterocycles. The Kier molecular flexibility index (Phi) is 4.93. The Labute approximate surface area is 113 Å². The van der Waals surface area contributed by atoms with Crippen molar-refractivity contribution in [1.29, 1.82) is 0 Å². The molecule has 1 aliphatic heterocycles. The summed E-state index contributed by atoms with van der Waals surface area (Å²) in [6, 6.07) is 8.12. The van der Waals surface area contributed by atoms with Crippen molar-refractivity contribution < 1.29 is 14.6 Å². The van der Waals surface area contributed by atoms with Gasteiger partial charge >= 0.3 is 0 Å². The van der Waals surface area contributed by atoms with Crippen LogP contribution in [0.25, 0.3) is 0 Å². The molecule has 0 radical (unpaired) electrons. The van der Waals surface area contributed by atoms with E-state index in [-0.39, 0.29) is 24.7 Å². The lowest BCUT2D eigenvalue weighted by atomic mass is 9.95. The number of nitrogens with one attached hydrogen (secondary N) is 1. The Balaban J connectivity index is 1.95. The largest absolute Gasteiger partial charge is 0.396 e. The second-order valence-electron chi connectivity index (χ2n) is 4.99. The summed E-state index contributed by atoms with van der Waals surface area (Å²) >= 11 is 0. The quantitative estimate of drug-likeness (QED) is 0.848. The van der Waals surface area contributed by atoms with Gasteiger partial charge in [-0.15, -0.1) is 0 Å². The van der Waals surface area contributed by atoms with E-state index in [9.17, 15) is 4.79 Å². The number of carbonyl (C=O) groups is 1. The van der Waals surface area contributed by atoms with E-state index in [4.69, 9.17) is 9.84 Å². The molecule has 0 fully saturated rings. The molecule has 1 aromatic carbocycles. The van der Waals surface area contributed by atoms with Gasteiger partial charge in [0.15, 0.2) is 0 Å². The van der Waals surface area contributed by atoms with Crippen LogP contribution in [0.5, 0.6) is 0 Å². The summed E-state index contributed by atoms with van der Waals surface area (Å²) in [4.78, 5) is 11.9. The monoisotopic (exact) mass is 263 g/mol. The summed E-state index contributed by atoms with van der Waals surface area (Å²) < 4.78 is 5.71. The fourth-order valence-electron chi connectivity index (χ4n) is 2.41. The van der Waals surface area contributed by atoms with Crippen molar-refractivity contribution in [2.24, 2.45) is 0 Å². The van der Waals surface area contributed by atoms with E-state index in [0.29, 0.717) is 19.4 Å². The highest BCUT2D eigenvalue weighted by Gasteiger charge is 2.23. The first kappa shape index (κ1) is 14.0. The average Bonchev–Trinajstić information content (AvgIpc) is 2.39. The zero-order valence-corrected chi connectivity index (χ0v) is 11.3. The minimum atomic E-state index is -0.147. The third-order valence-electron chi connectivity index (χ3n) is 3.43. The van der Waals surface area contributed by atoms with Crippen molar-refractivity contribution in [3.05, 3.63) is 35.4 Å². The minimum absolute atomic E-state index is 0.00339. The molecule has 1 heterocycles. The average molecular weight is 263 g/mol. The van der Waals surface area contributed by atoms with E-state index in [0.717, 1.165) is 12.0 Å². The first-order chi connectivity index (χ1) is 9.20. The topological polar surface area (TPSA) is 58.6 Å². The number of hydrogen-bond donors (Lipinski definition) is 2. The summed E-state index contributed by atoms with van der Waals surface area (Å²) in [7, 11) is 0. The maximum absolute atomic E-state index is 11.9. The highest BCUT2D eigenvalue weighted by atomic mass is 16.5. The van der Waals surface area contributed by atoms with Crippen LogP contribution in [-0.4, -0.2) is 30.3 Å². The molecule has 0 aromatic heterocycles. The van der Waals surface area contributed by atoms with E-state index in [2.05, 4.69) is 11.4 Å². The SMILES string of the molecule is C[C@H](CCO)NC(=O)CC1OCCc2ccccc21. The molecule has 2 N–H and O–H groups in total. The predicted octanol–water partition coefficient (Wildman–Crippen LogP) is 1.58. The number of rotatable bonds is 5. The van der Waals surface area contributed by atoms with Crippen LogP contribution in [0.15, 0.2) is 24.3 Å². The molecule has 104 valence electrons. The molecule has 1 aliphatic rings. The first-order valence-corrected chi connectivity index (χ1v) is 6.80. The number of ether oxygens (including phenoxy) is 1. The van der Waals surface area contributed by atoms with Gasteiger partial charge in [-0.2, -0.15) is 0 Å². The van der Waals surface area contributed by atoms with E-state index in [1.165, 1.54) is 5.56 Å². The molecular weight excluding hydrogens is 242 g/mol. The number of amides is 1. The summed E-state index contributed by atoms with van der Waals surface area (Å²) in [5, 5.41) is 11.7. The Morgan fingerprint density at radius 1 is 1.53 bits per heavy atom. The van der Waals surface area contributed by atoms with Crippen LogP contribution >= 0.6 is 0 Å². The van der Waals surface area contributed by atoms with Gasteiger partial charge < -0.3 is 15.2 Å². The Bertz CT molecular complexity index is 433. The van der Waals surface area contributed by atoms with Gasteiger partial charge in [-0.3, -0.25) is 4.79 Å². The van der Waals surface area contributed by atoms with Gasteiger partial charge in [-0.25, -0.2) is 0 Å². The molecular formula is C15H21NO3. The zero-order valence-electron chi connectivity index (χ0n) is 11.3. The smallest absolute Gasteiger partial charge is 0.223 e. The summed E-state index contributed by atoms with van der Waals surface area (Å²) in [5.74, 6) is -0.0253. The van der Waals surface area contributed by atoms with Crippen LogP contribution in [0.4, 0.5) is 0 Å². The molecule has 1 amide bonds. The lowest BCUT2D eigenvalue weighted by Crippen LogP contribution is -2.34. The molecule has 4 heteroatoms. The van der Waals surface area contributed by atoms with Crippen LogP contribution in [0.1, 0.15) is 37.0 Å². The van der Waals surface area contributed by atoms with Crippen LogP contribution in [0.3, 0.4) is 0 Å². The van der Waals surface area contributed by atoms with Gasteiger partial charge in [0.1, 0.15) is 0 Å². The molecule has 19 heavy (non-hydrogen) atoms. The second-order valence-corrected chi connectivity index (χ2v) is 4.99. The van der Waals surface area contributed by atoms with Crippen molar-refractivity contribution in [2.45, 2.75) is 38.3 Å². The summed E-state index contributed by atoms with van der Waals surface area (Å²) in [5.41, 5.74) is 2.40. The van der Waals surface area contributed by atoms with Gasteiger partial charge in [0, 0.05) is 12.6 Å². The highest BCUT2D eigenvalue weighted by Crippen LogP contribution is 2.29. The van der Waals surface area contributed by atoms with Crippen molar-refractivity contribution in [1.82, 2.24) is 5.32 Å². The molecule has 0 aliphatic carbocycles. The highest BCUT2D eigenvalue weighted by molar-refractivity contribution is 5.77. The van der Waals surface area contributed by atoms with E-state index < -0.39 is 0 Å². The van der Waals surface area contributed by atoms with Gasteiger partial charge in [0.05, 0.1) is 19.1 Å². The van der Waals surface area contributed by atoms with Crippen molar-refractivity contribution in [3.63, 3.8) is 0 Å².